The summed E-state index contributed by atoms with van der Waals surface area (Å²) in [5, 5.41) is 5.93. The smallest absolute Gasteiger partial charge is 0.399 e. The Balaban J connectivity index is 0.000000132. The highest BCUT2D eigenvalue weighted by molar-refractivity contribution is 6.62. The third-order valence-corrected chi connectivity index (χ3v) is 13.0. The van der Waals surface area contributed by atoms with E-state index >= 15 is 0 Å². The average molecular weight is 945 g/mol. The number of hydrogen-bond donors (Lipinski definition) is 2. The number of nitrogens with one attached hydrogen (secondary N) is 2. The van der Waals surface area contributed by atoms with Gasteiger partial charge in [-0.3, -0.25) is 40.4 Å². The largest absolute Gasteiger partial charge is 0.496 e. The van der Waals surface area contributed by atoms with Gasteiger partial charge in [-0.25, -0.2) is 38.3 Å². The zero-order chi connectivity index (χ0) is 47.9. The zero-order valence-electron chi connectivity index (χ0n) is 38.2. The monoisotopic (exact) mass is 944 g/mol. The summed E-state index contributed by atoms with van der Waals surface area (Å²) in [6.45, 7) is 14.4. The predicted octanol–water partition coefficient (Wildman–Crippen LogP) is 7.00. The van der Waals surface area contributed by atoms with Crippen LogP contribution >= 0.6 is 11.6 Å². The summed E-state index contributed by atoms with van der Waals surface area (Å²) in [7, 11) is -0.553. The fourth-order valence-corrected chi connectivity index (χ4v) is 8.57. The Morgan fingerprint density at radius 1 is 0.691 bits per heavy atom. The number of hydrogen-bond acceptors (Lipinski definition) is 14. The molecule has 3 saturated heterocycles. The van der Waals surface area contributed by atoms with Crippen molar-refractivity contribution >= 4 is 70.9 Å². The zero-order valence-corrected chi connectivity index (χ0v) is 38.9. The fourth-order valence-electron chi connectivity index (χ4n) is 8.42. The van der Waals surface area contributed by atoms with Crippen LogP contribution < -0.4 is 35.7 Å². The summed E-state index contributed by atoms with van der Waals surface area (Å²) in [5.74, 6) is 1.22. The van der Waals surface area contributed by atoms with E-state index in [-0.39, 0.29) is 35.8 Å². The number of rotatable bonds is 4. The van der Waals surface area contributed by atoms with Gasteiger partial charge in [-0.15, -0.1) is 0 Å². The molecule has 22 heteroatoms. The molecule has 350 valence electrons. The van der Waals surface area contributed by atoms with Crippen molar-refractivity contribution in [1.82, 2.24) is 39.9 Å². The lowest BCUT2D eigenvalue weighted by molar-refractivity contribution is 0.00578. The molecule has 4 amide bonds. The van der Waals surface area contributed by atoms with E-state index in [0.717, 1.165) is 50.4 Å². The van der Waals surface area contributed by atoms with Gasteiger partial charge in [0.25, 0.3) is 0 Å². The topological polar surface area (TPSA) is 193 Å². The van der Waals surface area contributed by atoms with E-state index in [1.54, 1.807) is 54.5 Å². The standard InChI is InChI=1S/C20H18FN7O.C14H13ClN6O.C12H17BFNO2/c1-12-15(21)8-13(9-24-12)16-2-3-17-19(25-16)28(14-4-7-27(17)11-14)20(29)26-18-10-22-5-6-23-18;15-11-2-1-10-13(18-11)21(9-3-6-20(10)8-9)14(22)19-12-7-16-4-5-17-12;1-8-10(14)6-9(7-15-8)13-16-11(2,3)12(4,5)17-13/h2-3,5-6,8-10,14H,4,7,11H2,1H3,(H,23,26,29);1-2,4-5,7,9H,3,6,8H2,(H,17,19,22);6-7H,1-5H3/t14-;9-;/m00./s1. The van der Waals surface area contributed by atoms with Gasteiger partial charge in [0.05, 0.1) is 64.1 Å². The van der Waals surface area contributed by atoms with Crippen molar-refractivity contribution in [3.63, 3.8) is 0 Å². The molecular weight excluding hydrogens is 897 g/mol. The second-order valence-corrected chi connectivity index (χ2v) is 18.2. The number of urea groups is 2. The first-order valence-electron chi connectivity index (χ1n) is 22.1. The van der Waals surface area contributed by atoms with Gasteiger partial charge in [0.2, 0.25) is 0 Å². The maximum absolute atomic E-state index is 14.0. The molecular formula is C46H48BClF2N14O4. The van der Waals surface area contributed by atoms with Crippen molar-refractivity contribution < 1.29 is 27.7 Å². The molecule has 2 N–H and O–H groups in total. The van der Waals surface area contributed by atoms with E-state index in [1.807, 2.05) is 45.9 Å². The van der Waals surface area contributed by atoms with Gasteiger partial charge in [-0.2, -0.15) is 0 Å². The second kappa shape index (κ2) is 18.6. The lowest BCUT2D eigenvalue weighted by Gasteiger charge is -2.35. The van der Waals surface area contributed by atoms with Crippen molar-refractivity contribution in [1.29, 1.82) is 0 Å². The van der Waals surface area contributed by atoms with Crippen molar-refractivity contribution in [2.75, 3.05) is 56.4 Å². The molecule has 0 spiro atoms. The molecule has 11 rings (SSSR count). The molecule has 3 fully saturated rings. The van der Waals surface area contributed by atoms with E-state index in [2.05, 4.69) is 55.3 Å². The van der Waals surface area contributed by atoms with Gasteiger partial charge in [0.1, 0.15) is 16.8 Å². The summed E-state index contributed by atoms with van der Waals surface area (Å²) in [4.78, 5) is 66.8. The molecule has 5 aliphatic heterocycles. The van der Waals surface area contributed by atoms with Crippen LogP contribution in [0.2, 0.25) is 5.15 Å². The lowest BCUT2D eigenvalue weighted by Crippen LogP contribution is -2.48. The molecule has 11 heterocycles. The number of pyridine rings is 4. The summed E-state index contributed by atoms with van der Waals surface area (Å²) in [6, 6.07) is 9.79. The van der Waals surface area contributed by atoms with E-state index in [0.29, 0.717) is 56.5 Å². The maximum Gasteiger partial charge on any atom is 0.496 e. The molecule has 2 atom stereocenters. The molecule has 5 aliphatic rings. The number of amides is 4. The highest BCUT2D eigenvalue weighted by Gasteiger charge is 2.52. The Morgan fingerprint density at radius 3 is 1.72 bits per heavy atom. The number of anilines is 6. The van der Waals surface area contributed by atoms with E-state index < -0.39 is 18.3 Å². The third-order valence-electron chi connectivity index (χ3n) is 12.8. The number of fused-ring (bicyclic) bond motifs is 8. The Kier molecular flexibility index (Phi) is 12.6. The van der Waals surface area contributed by atoms with Crippen LogP contribution in [-0.2, 0) is 9.31 Å². The first-order chi connectivity index (χ1) is 32.5. The van der Waals surface area contributed by atoms with E-state index in [1.165, 1.54) is 36.9 Å². The van der Waals surface area contributed by atoms with Gasteiger partial charge < -0.3 is 19.1 Å². The Labute approximate surface area is 396 Å². The van der Waals surface area contributed by atoms with Crippen molar-refractivity contribution in [2.45, 2.75) is 77.7 Å². The molecule has 18 nitrogen and oxygen atoms in total. The van der Waals surface area contributed by atoms with E-state index in [9.17, 15) is 18.4 Å². The molecule has 0 radical (unpaired) electrons. The summed E-state index contributed by atoms with van der Waals surface area (Å²) < 4.78 is 39.1. The number of carbonyl (C=O) groups is 2. The normalized spacial score (nSPS) is 19.0. The average Bonchev–Trinajstić information content (AvgIpc) is 4.00. The minimum absolute atomic E-state index is 0.00907. The summed E-state index contributed by atoms with van der Waals surface area (Å²) in [6.07, 6.45) is 14.1. The Bertz CT molecular complexity index is 2840. The number of carbonyl (C=O) groups excluding carboxylic acids is 2. The second-order valence-electron chi connectivity index (χ2n) is 17.8. The van der Waals surface area contributed by atoms with Gasteiger partial charge in [0, 0.05) is 74.4 Å². The first-order valence-corrected chi connectivity index (χ1v) is 22.4. The Hall–Kier alpha value is -6.97. The molecule has 4 bridgehead atoms. The highest BCUT2D eigenvalue weighted by Crippen LogP contribution is 2.42. The van der Waals surface area contributed by atoms with Crippen LogP contribution in [0.4, 0.5) is 53.0 Å². The van der Waals surface area contributed by atoms with Gasteiger partial charge >= 0.3 is 19.2 Å². The summed E-state index contributed by atoms with van der Waals surface area (Å²) >= 11 is 6.01. The molecule has 6 aromatic rings. The van der Waals surface area contributed by atoms with Crippen molar-refractivity contribution in [2.24, 2.45) is 0 Å². The minimum Gasteiger partial charge on any atom is -0.399 e. The lowest BCUT2D eigenvalue weighted by atomic mass is 9.80. The summed E-state index contributed by atoms with van der Waals surface area (Å²) in [5.41, 5.74) is 3.45. The quantitative estimate of drug-likeness (QED) is 0.136. The Morgan fingerprint density at radius 2 is 1.21 bits per heavy atom. The molecule has 6 aromatic heterocycles. The molecule has 68 heavy (non-hydrogen) atoms. The molecule has 0 saturated carbocycles. The van der Waals surface area contributed by atoms with Crippen LogP contribution in [-0.4, -0.2) is 109 Å². The van der Waals surface area contributed by atoms with Gasteiger partial charge in [-0.05, 0) is 90.8 Å². The van der Waals surface area contributed by atoms with Crippen molar-refractivity contribution in [3.05, 3.63) is 114 Å². The van der Waals surface area contributed by atoms with Crippen LogP contribution in [0.3, 0.4) is 0 Å². The van der Waals surface area contributed by atoms with Crippen LogP contribution in [0.1, 0.15) is 51.9 Å². The van der Waals surface area contributed by atoms with Gasteiger partial charge in [-0.1, -0.05) is 11.6 Å². The highest BCUT2D eigenvalue weighted by atomic mass is 35.5. The third kappa shape index (κ3) is 9.32. The first kappa shape index (κ1) is 46.2. The SMILES string of the molecule is Cc1ncc(-c2ccc3c(n2)N(C(=O)Nc2cnccn2)[C@H]2CCN3C2)cc1F.Cc1ncc(B2OC(C)(C)C(C)(C)O2)cc1F.O=C(Nc1cnccn1)N1c2nc(Cl)ccc2N2CC[C@H]1C2. The minimum atomic E-state index is -0.553. The van der Waals surface area contributed by atoms with E-state index in [4.69, 9.17) is 25.9 Å². The number of halogens is 3. The number of nitrogens with zero attached hydrogens (tertiary/aromatic N) is 12. The van der Waals surface area contributed by atoms with Crippen molar-refractivity contribution in [3.8, 4) is 11.3 Å². The van der Waals surface area contributed by atoms with Crippen LogP contribution in [0, 0.1) is 25.5 Å². The van der Waals surface area contributed by atoms with Gasteiger partial charge in [0.15, 0.2) is 23.3 Å². The number of aromatic nitrogens is 8. The van der Waals surface area contributed by atoms with Crippen LogP contribution in [0.25, 0.3) is 11.3 Å². The molecule has 0 aromatic carbocycles. The molecule has 0 aliphatic carbocycles. The number of aryl methyl sites for hydroxylation is 2. The predicted molar refractivity (Wildman–Crippen MR) is 254 cm³/mol. The maximum atomic E-state index is 14.0. The van der Waals surface area contributed by atoms with Crippen LogP contribution in [0.15, 0.2) is 86.0 Å². The molecule has 0 unspecified atom stereocenters. The fraction of sp³-hybridized carbons (Fsp3) is 0.348. The van der Waals surface area contributed by atoms with Crippen LogP contribution in [0.5, 0.6) is 0 Å².